The van der Waals surface area contributed by atoms with E-state index in [4.69, 9.17) is 9.47 Å². The zero-order valence-electron chi connectivity index (χ0n) is 13.5. The maximum absolute atomic E-state index is 11.6. The molecule has 4 nitrogen and oxygen atoms in total. The minimum Gasteiger partial charge on any atom is -0.494 e. The fraction of sp³-hybridized carbons (Fsp3) is 0.211. The molecule has 0 fully saturated rings. The number of allylic oxidation sites excluding steroid dienone is 1. The lowest BCUT2D eigenvalue weighted by Crippen LogP contribution is -2.03. The number of aliphatic carboxylic acids is 1. The van der Waals surface area contributed by atoms with Gasteiger partial charge in [0, 0.05) is 11.6 Å². The molecular formula is C19H20O4. The van der Waals surface area contributed by atoms with Gasteiger partial charge in [-0.25, -0.2) is 4.79 Å². The van der Waals surface area contributed by atoms with Gasteiger partial charge in [-0.3, -0.25) is 0 Å². The normalized spacial score (nSPS) is 10.0. The highest BCUT2D eigenvalue weighted by molar-refractivity contribution is 6.17. The van der Waals surface area contributed by atoms with Crippen molar-refractivity contribution in [3.63, 3.8) is 0 Å². The molecule has 0 saturated carbocycles. The smallest absolute Gasteiger partial charge is 0.336 e. The average molecular weight is 312 g/mol. The zero-order chi connectivity index (χ0) is 16.8. The Morgan fingerprint density at radius 1 is 1.04 bits per heavy atom. The lowest BCUT2D eigenvalue weighted by atomic mass is 10.0. The highest BCUT2D eigenvalue weighted by Crippen LogP contribution is 2.33. The number of benzene rings is 2. The van der Waals surface area contributed by atoms with Crippen molar-refractivity contribution in [2.75, 3.05) is 6.61 Å². The van der Waals surface area contributed by atoms with E-state index in [1.54, 1.807) is 38.1 Å². The number of para-hydroxylation sites is 1. The van der Waals surface area contributed by atoms with E-state index in [0.717, 1.165) is 5.57 Å². The molecule has 2 rings (SSSR count). The summed E-state index contributed by atoms with van der Waals surface area (Å²) in [4.78, 5) is 11.6. The van der Waals surface area contributed by atoms with Crippen LogP contribution in [0.2, 0.25) is 0 Å². The van der Waals surface area contributed by atoms with Crippen molar-refractivity contribution in [2.24, 2.45) is 0 Å². The predicted molar refractivity (Wildman–Crippen MR) is 90.0 cm³/mol. The third-order valence-corrected chi connectivity index (χ3v) is 3.21. The summed E-state index contributed by atoms with van der Waals surface area (Å²) in [6.45, 7) is 6.03. The minimum atomic E-state index is -0.968. The first-order chi connectivity index (χ1) is 11.0. The molecule has 120 valence electrons. The number of ether oxygens (including phenoxy) is 2. The molecule has 0 aliphatic carbocycles. The number of hydrogen-bond acceptors (Lipinski definition) is 3. The van der Waals surface area contributed by atoms with Crippen molar-refractivity contribution in [1.29, 1.82) is 0 Å². The summed E-state index contributed by atoms with van der Waals surface area (Å²) in [5.74, 6) is 0.842. The van der Waals surface area contributed by atoms with E-state index in [9.17, 15) is 9.90 Å². The van der Waals surface area contributed by atoms with Crippen molar-refractivity contribution >= 4 is 11.5 Å². The summed E-state index contributed by atoms with van der Waals surface area (Å²) in [6.07, 6.45) is 0. The molecule has 2 aromatic rings. The summed E-state index contributed by atoms with van der Waals surface area (Å²) in [6, 6.07) is 14.4. The Bertz CT molecular complexity index is 728. The van der Waals surface area contributed by atoms with Crippen LogP contribution in [0.1, 0.15) is 26.3 Å². The average Bonchev–Trinajstić information content (AvgIpc) is 2.49. The van der Waals surface area contributed by atoms with Gasteiger partial charge in [-0.05, 0) is 39.0 Å². The summed E-state index contributed by atoms with van der Waals surface area (Å²) in [7, 11) is 0. The van der Waals surface area contributed by atoms with E-state index < -0.39 is 5.97 Å². The first-order valence-electron chi connectivity index (χ1n) is 7.43. The molecule has 0 radical (unpaired) electrons. The molecule has 23 heavy (non-hydrogen) atoms. The first kappa shape index (κ1) is 16.6. The zero-order valence-corrected chi connectivity index (χ0v) is 13.5. The SMILES string of the molecule is CCOc1cccc(Oc2ccccc2C(C(=O)O)=C(C)C)c1. The van der Waals surface area contributed by atoms with Crippen LogP contribution >= 0.6 is 0 Å². The van der Waals surface area contributed by atoms with Crippen molar-refractivity contribution < 1.29 is 19.4 Å². The Kier molecular flexibility index (Phi) is 5.41. The molecule has 0 unspecified atom stereocenters. The molecule has 0 heterocycles. The second-order valence-corrected chi connectivity index (χ2v) is 5.19. The van der Waals surface area contributed by atoms with Crippen LogP contribution in [0, 0.1) is 0 Å². The fourth-order valence-corrected chi connectivity index (χ4v) is 2.28. The van der Waals surface area contributed by atoms with Gasteiger partial charge in [-0.1, -0.05) is 29.8 Å². The quantitative estimate of drug-likeness (QED) is 0.782. The Hall–Kier alpha value is -2.75. The van der Waals surface area contributed by atoms with Crippen LogP contribution in [0.4, 0.5) is 0 Å². The number of carbonyl (C=O) groups is 1. The van der Waals surface area contributed by atoms with Crippen LogP contribution in [0.5, 0.6) is 17.2 Å². The third-order valence-electron chi connectivity index (χ3n) is 3.21. The molecule has 0 amide bonds. The third kappa shape index (κ3) is 4.13. The number of carboxylic acid groups (broad SMARTS) is 1. The number of hydrogen-bond donors (Lipinski definition) is 1. The minimum absolute atomic E-state index is 0.251. The maximum Gasteiger partial charge on any atom is 0.336 e. The van der Waals surface area contributed by atoms with E-state index in [1.807, 2.05) is 31.2 Å². The van der Waals surface area contributed by atoms with Gasteiger partial charge >= 0.3 is 5.97 Å². The number of rotatable bonds is 6. The van der Waals surface area contributed by atoms with Crippen LogP contribution in [0.15, 0.2) is 54.1 Å². The van der Waals surface area contributed by atoms with Crippen LogP contribution in [0.25, 0.3) is 5.57 Å². The Labute approximate surface area is 136 Å². The lowest BCUT2D eigenvalue weighted by molar-refractivity contribution is -0.130. The highest BCUT2D eigenvalue weighted by Gasteiger charge is 2.17. The van der Waals surface area contributed by atoms with Crippen LogP contribution < -0.4 is 9.47 Å². The van der Waals surface area contributed by atoms with E-state index in [0.29, 0.717) is 29.4 Å². The highest BCUT2D eigenvalue weighted by atomic mass is 16.5. The van der Waals surface area contributed by atoms with Crippen LogP contribution in [-0.4, -0.2) is 17.7 Å². The second-order valence-electron chi connectivity index (χ2n) is 5.19. The molecule has 0 aromatic heterocycles. The monoisotopic (exact) mass is 312 g/mol. The van der Waals surface area contributed by atoms with Gasteiger partial charge in [-0.2, -0.15) is 0 Å². The van der Waals surface area contributed by atoms with Gasteiger partial charge < -0.3 is 14.6 Å². The standard InChI is InChI=1S/C19H20O4/c1-4-22-14-8-7-9-15(12-14)23-17-11-6-5-10-16(17)18(13(2)3)19(20)21/h5-12H,4H2,1-3H3,(H,20,21). The van der Waals surface area contributed by atoms with Gasteiger partial charge in [0.05, 0.1) is 12.2 Å². The van der Waals surface area contributed by atoms with Gasteiger partial charge in [-0.15, -0.1) is 0 Å². The summed E-state index contributed by atoms with van der Waals surface area (Å²) in [5, 5.41) is 9.47. The van der Waals surface area contributed by atoms with Crippen molar-refractivity contribution in [3.05, 3.63) is 59.7 Å². The Morgan fingerprint density at radius 3 is 2.39 bits per heavy atom. The van der Waals surface area contributed by atoms with Gasteiger partial charge in [0.1, 0.15) is 17.2 Å². The lowest BCUT2D eigenvalue weighted by Gasteiger charge is -2.13. The molecule has 0 spiro atoms. The molecule has 0 aliphatic rings. The molecule has 0 saturated heterocycles. The largest absolute Gasteiger partial charge is 0.494 e. The fourth-order valence-electron chi connectivity index (χ4n) is 2.28. The molecular weight excluding hydrogens is 292 g/mol. The van der Waals surface area contributed by atoms with E-state index in [-0.39, 0.29) is 5.57 Å². The van der Waals surface area contributed by atoms with Gasteiger partial charge in [0.25, 0.3) is 0 Å². The molecule has 2 aromatic carbocycles. The van der Waals surface area contributed by atoms with Crippen molar-refractivity contribution in [2.45, 2.75) is 20.8 Å². The molecule has 1 N–H and O–H groups in total. The Balaban J connectivity index is 2.40. The Morgan fingerprint density at radius 2 is 1.74 bits per heavy atom. The summed E-state index contributed by atoms with van der Waals surface area (Å²) < 4.78 is 11.4. The number of carboxylic acids is 1. The molecule has 0 atom stereocenters. The van der Waals surface area contributed by atoms with E-state index >= 15 is 0 Å². The van der Waals surface area contributed by atoms with Gasteiger partial charge in [0.15, 0.2) is 0 Å². The van der Waals surface area contributed by atoms with Crippen LogP contribution in [0.3, 0.4) is 0 Å². The van der Waals surface area contributed by atoms with E-state index in [1.165, 1.54) is 0 Å². The molecule has 0 bridgehead atoms. The predicted octanol–water partition coefficient (Wildman–Crippen LogP) is 4.76. The second kappa shape index (κ2) is 7.49. The van der Waals surface area contributed by atoms with Crippen LogP contribution in [-0.2, 0) is 4.79 Å². The summed E-state index contributed by atoms with van der Waals surface area (Å²) >= 11 is 0. The topological polar surface area (TPSA) is 55.8 Å². The summed E-state index contributed by atoms with van der Waals surface area (Å²) in [5.41, 5.74) is 1.53. The van der Waals surface area contributed by atoms with Crippen molar-refractivity contribution in [3.8, 4) is 17.2 Å². The van der Waals surface area contributed by atoms with Gasteiger partial charge in [0.2, 0.25) is 0 Å². The van der Waals surface area contributed by atoms with Crippen molar-refractivity contribution in [1.82, 2.24) is 0 Å². The van der Waals surface area contributed by atoms with E-state index in [2.05, 4.69) is 0 Å². The molecule has 4 heteroatoms. The molecule has 0 aliphatic heterocycles. The first-order valence-corrected chi connectivity index (χ1v) is 7.43. The maximum atomic E-state index is 11.6.